The molecule has 0 bridgehead atoms. The minimum Gasteiger partial charge on any atom is -0.478 e. The van der Waals surface area contributed by atoms with Crippen molar-refractivity contribution in [2.45, 2.75) is 25.3 Å². The van der Waals surface area contributed by atoms with Gasteiger partial charge in [0.05, 0.1) is 0 Å². The molecule has 10 heteroatoms. The molecule has 1 fully saturated rings. The Hall–Kier alpha value is -4.44. The van der Waals surface area contributed by atoms with Crippen LogP contribution in [0.25, 0.3) is 10.9 Å². The number of carboxylic acids is 2. The first-order chi connectivity index (χ1) is 17.3. The molecule has 3 aromatic rings. The fourth-order valence-electron chi connectivity index (χ4n) is 3.91. The third kappa shape index (κ3) is 7.03. The van der Waals surface area contributed by atoms with Crippen molar-refractivity contribution < 1.29 is 29.4 Å². The van der Waals surface area contributed by atoms with Gasteiger partial charge in [0.15, 0.2) is 0 Å². The van der Waals surface area contributed by atoms with Gasteiger partial charge in [-0.2, -0.15) is 0 Å². The van der Waals surface area contributed by atoms with Crippen LogP contribution < -0.4 is 11.1 Å². The van der Waals surface area contributed by atoms with Crippen molar-refractivity contribution in [2.24, 2.45) is 5.73 Å². The number of fused-ring (bicyclic) bond motifs is 1. The number of aromatic amines is 1. The number of imide groups is 1. The molecule has 3 amide bonds. The van der Waals surface area contributed by atoms with Crippen molar-refractivity contribution in [2.75, 3.05) is 13.1 Å². The Morgan fingerprint density at radius 3 is 2.31 bits per heavy atom. The number of aliphatic carboxylic acids is 2. The molecule has 0 radical (unpaired) electrons. The first-order valence-corrected chi connectivity index (χ1v) is 11.4. The molecule has 0 spiro atoms. The number of urea groups is 1. The maximum absolute atomic E-state index is 12.7. The smallest absolute Gasteiger partial charge is 0.328 e. The molecule has 1 unspecified atom stereocenters. The van der Waals surface area contributed by atoms with Gasteiger partial charge in [0.2, 0.25) is 0 Å². The lowest BCUT2D eigenvalue weighted by atomic mass is 10.0. The highest BCUT2D eigenvalue weighted by Gasteiger charge is 2.37. The summed E-state index contributed by atoms with van der Waals surface area (Å²) < 4.78 is 0. The minimum atomic E-state index is -1.26. The van der Waals surface area contributed by atoms with Crippen LogP contribution in [0.3, 0.4) is 0 Å². The zero-order valence-corrected chi connectivity index (χ0v) is 19.5. The monoisotopic (exact) mass is 492 g/mol. The number of benzene rings is 2. The summed E-state index contributed by atoms with van der Waals surface area (Å²) in [5.74, 6) is -2.67. The highest BCUT2D eigenvalue weighted by atomic mass is 16.4. The lowest BCUT2D eigenvalue weighted by molar-refractivity contribution is -0.134. The van der Waals surface area contributed by atoms with Gasteiger partial charge in [-0.1, -0.05) is 36.4 Å². The van der Waals surface area contributed by atoms with Crippen LogP contribution >= 0.6 is 0 Å². The molecule has 10 nitrogen and oxygen atoms in total. The van der Waals surface area contributed by atoms with E-state index in [0.717, 1.165) is 28.5 Å². The molecule has 36 heavy (non-hydrogen) atoms. The fraction of sp³-hybridized carbons (Fsp3) is 0.231. The topological polar surface area (TPSA) is 166 Å². The van der Waals surface area contributed by atoms with Crippen LogP contribution in [0.1, 0.15) is 16.7 Å². The van der Waals surface area contributed by atoms with Crippen LogP contribution in [0, 0.1) is 0 Å². The van der Waals surface area contributed by atoms with Crippen molar-refractivity contribution in [1.29, 1.82) is 0 Å². The van der Waals surface area contributed by atoms with Crippen molar-refractivity contribution in [3.63, 3.8) is 0 Å². The average molecular weight is 493 g/mol. The molecule has 1 atom stereocenters. The van der Waals surface area contributed by atoms with Crippen LogP contribution in [0.2, 0.25) is 0 Å². The third-order valence-electron chi connectivity index (χ3n) is 5.63. The lowest BCUT2D eigenvalue weighted by Crippen LogP contribution is -2.33. The van der Waals surface area contributed by atoms with Gasteiger partial charge in [-0.15, -0.1) is 0 Å². The molecule has 0 aliphatic carbocycles. The van der Waals surface area contributed by atoms with E-state index in [1.807, 2.05) is 48.7 Å². The predicted molar refractivity (Wildman–Crippen MR) is 133 cm³/mol. The number of carbonyl (C=O) groups is 4. The molecular formula is C26H28N4O6. The van der Waals surface area contributed by atoms with Crippen molar-refractivity contribution >= 4 is 34.8 Å². The Morgan fingerprint density at radius 2 is 1.67 bits per heavy atom. The van der Waals surface area contributed by atoms with Crippen LogP contribution in [-0.2, 0) is 33.6 Å². The summed E-state index contributed by atoms with van der Waals surface area (Å²) in [6.07, 6.45) is 5.04. The van der Waals surface area contributed by atoms with Crippen LogP contribution in [-0.4, -0.2) is 63.1 Å². The SMILES string of the molecule is NCCc1c[nH]c2ccc(CC3NC(=O)N(CCc4ccccc4)C3=O)cc12.O=C(O)C=CC(=O)O. The van der Waals surface area contributed by atoms with E-state index in [1.165, 1.54) is 10.5 Å². The molecule has 1 saturated heterocycles. The summed E-state index contributed by atoms with van der Waals surface area (Å²) >= 11 is 0. The maximum atomic E-state index is 12.7. The van der Waals surface area contributed by atoms with Gasteiger partial charge in [0.1, 0.15) is 6.04 Å². The molecule has 4 rings (SSSR count). The van der Waals surface area contributed by atoms with Crippen molar-refractivity contribution in [3.8, 4) is 0 Å². The van der Waals surface area contributed by atoms with Crippen molar-refractivity contribution in [3.05, 3.63) is 83.6 Å². The number of nitrogens with two attached hydrogens (primary N) is 1. The van der Waals surface area contributed by atoms with Crippen LogP contribution in [0.15, 0.2) is 66.9 Å². The van der Waals surface area contributed by atoms with E-state index in [1.54, 1.807) is 0 Å². The number of carboxylic acid groups (broad SMARTS) is 2. The number of carbonyl (C=O) groups excluding carboxylic acids is 2. The Kier molecular flexibility index (Phi) is 8.95. The molecule has 6 N–H and O–H groups in total. The summed E-state index contributed by atoms with van der Waals surface area (Å²) in [4.78, 5) is 48.7. The van der Waals surface area contributed by atoms with E-state index < -0.39 is 18.0 Å². The number of nitrogens with zero attached hydrogens (tertiary/aromatic N) is 1. The zero-order valence-electron chi connectivity index (χ0n) is 19.5. The quantitative estimate of drug-likeness (QED) is 0.225. The number of hydrogen-bond donors (Lipinski definition) is 5. The number of aromatic nitrogens is 1. The second kappa shape index (κ2) is 12.3. The van der Waals surface area contributed by atoms with Crippen LogP contribution in [0.4, 0.5) is 4.79 Å². The van der Waals surface area contributed by atoms with Gasteiger partial charge < -0.3 is 26.2 Å². The van der Waals surface area contributed by atoms with Gasteiger partial charge in [-0.05, 0) is 48.2 Å². The van der Waals surface area contributed by atoms with Crippen LogP contribution in [0.5, 0.6) is 0 Å². The highest BCUT2D eigenvalue weighted by molar-refractivity contribution is 6.04. The molecule has 2 aromatic carbocycles. The summed E-state index contributed by atoms with van der Waals surface area (Å²) in [5, 5.41) is 19.6. The molecular weight excluding hydrogens is 464 g/mol. The molecule has 1 aliphatic heterocycles. The summed E-state index contributed by atoms with van der Waals surface area (Å²) in [7, 11) is 0. The van der Waals surface area contributed by atoms with E-state index in [-0.39, 0.29) is 11.9 Å². The molecule has 188 valence electrons. The summed E-state index contributed by atoms with van der Waals surface area (Å²) in [6, 6.07) is 15.1. The highest BCUT2D eigenvalue weighted by Crippen LogP contribution is 2.22. The Morgan fingerprint density at radius 1 is 0.972 bits per heavy atom. The normalized spacial score (nSPS) is 15.1. The molecule has 0 saturated carbocycles. The molecule has 2 heterocycles. The van der Waals surface area contributed by atoms with E-state index in [9.17, 15) is 19.2 Å². The van der Waals surface area contributed by atoms with Crippen molar-refractivity contribution in [1.82, 2.24) is 15.2 Å². The van der Waals surface area contributed by atoms with Gasteiger partial charge in [-0.25, -0.2) is 14.4 Å². The Balaban J connectivity index is 0.000000392. The summed E-state index contributed by atoms with van der Waals surface area (Å²) in [5.41, 5.74) is 10.0. The molecule has 1 aliphatic rings. The number of amides is 3. The predicted octanol–water partition coefficient (Wildman–Crippen LogP) is 2.09. The number of rotatable bonds is 9. The second-order valence-electron chi connectivity index (χ2n) is 8.17. The van der Waals surface area contributed by atoms with Gasteiger partial charge in [0.25, 0.3) is 5.91 Å². The first-order valence-electron chi connectivity index (χ1n) is 11.4. The van der Waals surface area contributed by atoms with E-state index in [2.05, 4.69) is 16.4 Å². The number of H-pyrrole nitrogens is 1. The Bertz CT molecular complexity index is 1250. The Labute approximate surface area is 207 Å². The third-order valence-corrected chi connectivity index (χ3v) is 5.63. The van der Waals surface area contributed by atoms with E-state index >= 15 is 0 Å². The average Bonchev–Trinajstić information content (AvgIpc) is 3.37. The van der Waals surface area contributed by atoms with Gasteiger partial charge in [0, 0.05) is 42.2 Å². The van der Waals surface area contributed by atoms with Gasteiger partial charge in [-0.3, -0.25) is 9.69 Å². The maximum Gasteiger partial charge on any atom is 0.328 e. The second-order valence-corrected chi connectivity index (χ2v) is 8.17. The first kappa shape index (κ1) is 26.2. The van der Waals surface area contributed by atoms with E-state index in [0.29, 0.717) is 38.1 Å². The lowest BCUT2D eigenvalue weighted by Gasteiger charge is -2.13. The zero-order chi connectivity index (χ0) is 26.1. The molecule has 1 aromatic heterocycles. The van der Waals surface area contributed by atoms with E-state index in [4.69, 9.17) is 15.9 Å². The van der Waals surface area contributed by atoms with Gasteiger partial charge >= 0.3 is 18.0 Å². The standard InChI is InChI=1S/C22H24N4O2.C4H4O4/c23-10-8-17-14-24-19-7-6-16(12-18(17)19)13-20-21(27)26(22(28)25-20)11-9-15-4-2-1-3-5-15;5-3(6)1-2-4(7)8/h1-7,12,14,20,24H,8-11,13,23H2,(H,25,28);1-2H,(H,5,6)(H,7,8). The summed E-state index contributed by atoms with van der Waals surface area (Å²) in [6.45, 7) is 0.980. The number of hydrogen-bond acceptors (Lipinski definition) is 5. The minimum absolute atomic E-state index is 0.155. The fourth-order valence-corrected chi connectivity index (χ4v) is 3.91. The number of nitrogens with one attached hydrogen (secondary N) is 2. The largest absolute Gasteiger partial charge is 0.478 e.